The van der Waals surface area contributed by atoms with Gasteiger partial charge >= 0.3 is 0 Å². The van der Waals surface area contributed by atoms with Gasteiger partial charge in [0.1, 0.15) is 5.76 Å². The Bertz CT molecular complexity index is 433. The summed E-state index contributed by atoms with van der Waals surface area (Å²) in [6.07, 6.45) is 1.75. The molecule has 0 fully saturated rings. The smallest absolute Gasteiger partial charge is 0.128 e. The van der Waals surface area contributed by atoms with Gasteiger partial charge in [-0.25, -0.2) is 0 Å². The van der Waals surface area contributed by atoms with Gasteiger partial charge in [0.15, 0.2) is 0 Å². The van der Waals surface area contributed by atoms with Crippen LogP contribution in [0.4, 0.5) is 0 Å². The average Bonchev–Trinajstić information content (AvgIpc) is 2.73. The van der Waals surface area contributed by atoms with Crippen LogP contribution in [-0.2, 0) is 0 Å². The zero-order valence-corrected chi connectivity index (χ0v) is 9.73. The van der Waals surface area contributed by atoms with Gasteiger partial charge in [-0.15, -0.1) is 0 Å². The van der Waals surface area contributed by atoms with Gasteiger partial charge in [0.05, 0.1) is 12.3 Å². The summed E-state index contributed by atoms with van der Waals surface area (Å²) >= 11 is 0. The number of rotatable bonds is 4. The van der Waals surface area contributed by atoms with Crippen LogP contribution in [0.15, 0.2) is 47.1 Å². The minimum atomic E-state index is 0.154. The van der Waals surface area contributed by atoms with E-state index in [1.165, 1.54) is 11.1 Å². The number of nitrogens with one attached hydrogen (secondary N) is 1. The first-order valence-electron chi connectivity index (χ1n) is 5.65. The highest BCUT2D eigenvalue weighted by Crippen LogP contribution is 2.25. The molecule has 0 spiro atoms. The molecule has 1 N–H and O–H groups in total. The Morgan fingerprint density at radius 1 is 1.19 bits per heavy atom. The van der Waals surface area contributed by atoms with Gasteiger partial charge in [-0.1, -0.05) is 37.3 Å². The van der Waals surface area contributed by atoms with E-state index in [-0.39, 0.29) is 6.04 Å². The first-order valence-corrected chi connectivity index (χ1v) is 5.65. The Hall–Kier alpha value is -1.54. The van der Waals surface area contributed by atoms with E-state index in [1.807, 2.05) is 12.1 Å². The van der Waals surface area contributed by atoms with Crippen LogP contribution < -0.4 is 5.32 Å². The summed E-state index contributed by atoms with van der Waals surface area (Å²) in [5.74, 6) is 1.01. The highest BCUT2D eigenvalue weighted by Gasteiger charge is 2.17. The number of furan rings is 1. The predicted molar refractivity (Wildman–Crippen MR) is 65.4 cm³/mol. The van der Waals surface area contributed by atoms with Crippen LogP contribution >= 0.6 is 0 Å². The maximum absolute atomic E-state index is 5.57. The molecule has 1 aromatic carbocycles. The van der Waals surface area contributed by atoms with E-state index < -0.39 is 0 Å². The molecule has 0 amide bonds. The SMILES string of the molecule is CCNC(c1ccccc1)c1occc1C. The van der Waals surface area contributed by atoms with Crippen LogP contribution in [0.5, 0.6) is 0 Å². The summed E-state index contributed by atoms with van der Waals surface area (Å²) in [5.41, 5.74) is 2.43. The molecule has 0 saturated carbocycles. The Morgan fingerprint density at radius 2 is 1.94 bits per heavy atom. The molecule has 0 radical (unpaired) electrons. The van der Waals surface area contributed by atoms with E-state index >= 15 is 0 Å². The average molecular weight is 215 g/mol. The predicted octanol–water partition coefficient (Wildman–Crippen LogP) is 3.29. The summed E-state index contributed by atoms with van der Waals surface area (Å²) in [6.45, 7) is 5.10. The highest BCUT2D eigenvalue weighted by atomic mass is 16.3. The van der Waals surface area contributed by atoms with Gasteiger partial charge in [-0.05, 0) is 30.7 Å². The first kappa shape index (κ1) is 11.0. The molecule has 2 aromatic rings. The summed E-state index contributed by atoms with van der Waals surface area (Å²) in [5, 5.41) is 3.45. The van der Waals surface area contributed by atoms with Crippen LogP contribution in [0, 0.1) is 6.92 Å². The van der Waals surface area contributed by atoms with Crippen molar-refractivity contribution in [2.45, 2.75) is 19.9 Å². The van der Waals surface area contributed by atoms with Crippen molar-refractivity contribution in [2.24, 2.45) is 0 Å². The minimum absolute atomic E-state index is 0.154. The van der Waals surface area contributed by atoms with Crippen molar-refractivity contribution in [3.05, 3.63) is 59.5 Å². The molecule has 1 unspecified atom stereocenters. The maximum Gasteiger partial charge on any atom is 0.128 e. The Morgan fingerprint density at radius 3 is 2.50 bits per heavy atom. The second kappa shape index (κ2) is 4.99. The molecule has 1 heterocycles. The van der Waals surface area contributed by atoms with Crippen molar-refractivity contribution in [2.75, 3.05) is 6.54 Å². The molecule has 16 heavy (non-hydrogen) atoms. The van der Waals surface area contributed by atoms with Crippen molar-refractivity contribution in [3.63, 3.8) is 0 Å². The molecule has 2 nitrogen and oxygen atoms in total. The fourth-order valence-corrected chi connectivity index (χ4v) is 1.89. The molecule has 0 aliphatic heterocycles. The third kappa shape index (κ3) is 2.17. The topological polar surface area (TPSA) is 25.2 Å². The van der Waals surface area contributed by atoms with E-state index in [0.29, 0.717) is 0 Å². The molecule has 2 heteroatoms. The van der Waals surface area contributed by atoms with Crippen LogP contribution in [0.3, 0.4) is 0 Å². The highest BCUT2D eigenvalue weighted by molar-refractivity contribution is 5.30. The van der Waals surface area contributed by atoms with E-state index in [2.05, 4.69) is 43.4 Å². The lowest BCUT2D eigenvalue weighted by Gasteiger charge is -2.16. The van der Waals surface area contributed by atoms with Gasteiger partial charge in [-0.2, -0.15) is 0 Å². The van der Waals surface area contributed by atoms with Crippen LogP contribution in [0.25, 0.3) is 0 Å². The molecule has 0 saturated heterocycles. The summed E-state index contributed by atoms with van der Waals surface area (Å²) in [6, 6.07) is 12.5. The Labute approximate surface area is 96.3 Å². The second-order valence-corrected chi connectivity index (χ2v) is 3.87. The normalized spacial score (nSPS) is 12.6. The molecular formula is C14H17NO. The quantitative estimate of drug-likeness (QED) is 0.846. The summed E-state index contributed by atoms with van der Waals surface area (Å²) < 4.78 is 5.57. The Kier molecular flexibility index (Phi) is 3.42. The van der Waals surface area contributed by atoms with Crippen LogP contribution in [0.1, 0.15) is 29.9 Å². The van der Waals surface area contributed by atoms with Crippen LogP contribution in [0.2, 0.25) is 0 Å². The van der Waals surface area contributed by atoms with E-state index in [1.54, 1.807) is 6.26 Å². The third-order valence-electron chi connectivity index (χ3n) is 2.71. The fourth-order valence-electron chi connectivity index (χ4n) is 1.89. The monoisotopic (exact) mass is 215 g/mol. The fraction of sp³-hybridized carbons (Fsp3) is 0.286. The molecule has 1 aromatic heterocycles. The lowest BCUT2D eigenvalue weighted by molar-refractivity contribution is 0.449. The molecule has 0 bridgehead atoms. The lowest BCUT2D eigenvalue weighted by Crippen LogP contribution is -2.22. The largest absolute Gasteiger partial charge is 0.467 e. The first-order chi connectivity index (χ1) is 7.83. The van der Waals surface area contributed by atoms with E-state index in [0.717, 1.165) is 12.3 Å². The van der Waals surface area contributed by atoms with Crippen LogP contribution in [-0.4, -0.2) is 6.54 Å². The molecule has 0 aliphatic rings. The molecule has 1 atom stereocenters. The van der Waals surface area contributed by atoms with Gasteiger partial charge in [0.25, 0.3) is 0 Å². The van der Waals surface area contributed by atoms with Crippen molar-refractivity contribution in [1.29, 1.82) is 0 Å². The minimum Gasteiger partial charge on any atom is -0.467 e. The number of hydrogen-bond acceptors (Lipinski definition) is 2. The van der Waals surface area contributed by atoms with Crippen molar-refractivity contribution in [3.8, 4) is 0 Å². The van der Waals surface area contributed by atoms with Gasteiger partial charge in [-0.3, -0.25) is 0 Å². The second-order valence-electron chi connectivity index (χ2n) is 3.87. The van der Waals surface area contributed by atoms with Crippen molar-refractivity contribution in [1.82, 2.24) is 5.32 Å². The van der Waals surface area contributed by atoms with E-state index in [9.17, 15) is 0 Å². The standard InChI is InChI=1S/C14H17NO/c1-3-15-13(12-7-5-4-6-8-12)14-11(2)9-10-16-14/h4-10,13,15H,3H2,1-2H3. The molecule has 84 valence electrons. The summed E-state index contributed by atoms with van der Waals surface area (Å²) in [7, 11) is 0. The number of aryl methyl sites for hydroxylation is 1. The zero-order chi connectivity index (χ0) is 11.4. The number of hydrogen-bond donors (Lipinski definition) is 1. The maximum atomic E-state index is 5.57. The number of benzene rings is 1. The van der Waals surface area contributed by atoms with Crippen molar-refractivity contribution >= 4 is 0 Å². The third-order valence-corrected chi connectivity index (χ3v) is 2.71. The molecule has 2 rings (SSSR count). The molecule has 0 aliphatic carbocycles. The lowest BCUT2D eigenvalue weighted by atomic mass is 10.0. The Balaban J connectivity index is 2.35. The van der Waals surface area contributed by atoms with Gasteiger partial charge in [0, 0.05) is 0 Å². The van der Waals surface area contributed by atoms with Gasteiger partial charge in [0.2, 0.25) is 0 Å². The van der Waals surface area contributed by atoms with Crippen molar-refractivity contribution < 1.29 is 4.42 Å². The zero-order valence-electron chi connectivity index (χ0n) is 9.73. The molecular weight excluding hydrogens is 198 g/mol. The van der Waals surface area contributed by atoms with E-state index in [4.69, 9.17) is 4.42 Å². The summed E-state index contributed by atoms with van der Waals surface area (Å²) in [4.78, 5) is 0. The van der Waals surface area contributed by atoms with Gasteiger partial charge < -0.3 is 9.73 Å².